The van der Waals surface area contributed by atoms with Gasteiger partial charge in [0, 0.05) is 10.0 Å². The molecule has 0 amide bonds. The number of hydrogen-bond acceptors (Lipinski definition) is 3. The third kappa shape index (κ3) is 3.46. The number of rotatable bonds is 4. The number of aliphatic hydroxyl groups excluding tert-OH is 1. The Bertz CT molecular complexity index is 406. The second-order valence-electron chi connectivity index (χ2n) is 4.82. The minimum absolute atomic E-state index is 0.172. The normalized spacial score (nSPS) is 25.1. The number of ether oxygens (including phenoxy) is 2. The van der Waals surface area contributed by atoms with Gasteiger partial charge in [0.05, 0.1) is 18.3 Å². The molecule has 1 saturated heterocycles. The van der Waals surface area contributed by atoms with Crippen molar-refractivity contribution in [1.29, 1.82) is 0 Å². The summed E-state index contributed by atoms with van der Waals surface area (Å²) in [6, 6.07) is 5.68. The van der Waals surface area contributed by atoms with Crippen LogP contribution in [-0.2, 0) is 4.74 Å². The van der Waals surface area contributed by atoms with Crippen LogP contribution < -0.4 is 4.74 Å². The van der Waals surface area contributed by atoms with Crippen LogP contribution in [0.1, 0.15) is 38.4 Å². The van der Waals surface area contributed by atoms with Crippen molar-refractivity contribution in [3.63, 3.8) is 0 Å². The van der Waals surface area contributed by atoms with E-state index < -0.39 is 6.10 Å². The van der Waals surface area contributed by atoms with Gasteiger partial charge in [-0.25, -0.2) is 0 Å². The fourth-order valence-electron chi connectivity index (χ4n) is 2.17. The van der Waals surface area contributed by atoms with E-state index in [2.05, 4.69) is 22.9 Å². The molecule has 3 nitrogen and oxygen atoms in total. The van der Waals surface area contributed by atoms with Gasteiger partial charge >= 0.3 is 0 Å². The van der Waals surface area contributed by atoms with Crippen molar-refractivity contribution in [3.05, 3.63) is 28.2 Å². The smallest absolute Gasteiger partial charge is 0.125 e. The molecule has 0 aliphatic carbocycles. The largest absolute Gasteiger partial charge is 0.490 e. The first-order valence-electron chi connectivity index (χ1n) is 6.32. The Hall–Kier alpha value is -0.580. The zero-order valence-electron chi connectivity index (χ0n) is 10.7. The van der Waals surface area contributed by atoms with Gasteiger partial charge in [-0.2, -0.15) is 0 Å². The summed E-state index contributed by atoms with van der Waals surface area (Å²) in [6.45, 7) is 4.37. The standard InChI is InChI=1S/C14H19BrO3/c1-9-3-5-12(18-9)8-17-14-6-4-11(15)7-13(14)10(2)16/h4,6-7,9-10,12,16H,3,5,8H2,1-2H3/t9?,10-,12?/m1/s1. The van der Waals surface area contributed by atoms with E-state index in [-0.39, 0.29) is 6.10 Å². The Labute approximate surface area is 116 Å². The van der Waals surface area contributed by atoms with Crippen molar-refractivity contribution < 1.29 is 14.6 Å². The van der Waals surface area contributed by atoms with Crippen molar-refractivity contribution in [1.82, 2.24) is 0 Å². The zero-order chi connectivity index (χ0) is 13.1. The lowest BCUT2D eigenvalue weighted by atomic mass is 10.1. The summed E-state index contributed by atoms with van der Waals surface area (Å²) in [7, 11) is 0. The van der Waals surface area contributed by atoms with E-state index in [1.165, 1.54) is 0 Å². The molecule has 0 bridgehead atoms. The molecule has 0 spiro atoms. The van der Waals surface area contributed by atoms with Gasteiger partial charge in [-0.05, 0) is 44.9 Å². The van der Waals surface area contributed by atoms with E-state index >= 15 is 0 Å². The topological polar surface area (TPSA) is 38.7 Å². The molecule has 0 saturated carbocycles. The summed E-state index contributed by atoms with van der Waals surface area (Å²) in [5.74, 6) is 0.733. The second kappa shape index (κ2) is 6.04. The van der Waals surface area contributed by atoms with E-state index in [0.29, 0.717) is 12.7 Å². The summed E-state index contributed by atoms with van der Waals surface area (Å²) >= 11 is 3.40. The Kier molecular flexibility index (Phi) is 4.65. The van der Waals surface area contributed by atoms with Crippen molar-refractivity contribution in [2.45, 2.75) is 45.0 Å². The molecule has 2 rings (SSSR count). The fourth-order valence-corrected chi connectivity index (χ4v) is 2.55. The van der Waals surface area contributed by atoms with Crippen LogP contribution in [0.2, 0.25) is 0 Å². The van der Waals surface area contributed by atoms with E-state index in [4.69, 9.17) is 9.47 Å². The van der Waals surface area contributed by atoms with Gasteiger partial charge in [0.2, 0.25) is 0 Å². The highest BCUT2D eigenvalue weighted by molar-refractivity contribution is 9.10. The maximum absolute atomic E-state index is 9.73. The van der Waals surface area contributed by atoms with E-state index in [1.54, 1.807) is 6.92 Å². The summed E-state index contributed by atoms with van der Waals surface area (Å²) in [6.07, 6.45) is 2.10. The molecule has 1 aromatic rings. The van der Waals surface area contributed by atoms with Crippen molar-refractivity contribution in [3.8, 4) is 5.75 Å². The maximum atomic E-state index is 9.73. The average molecular weight is 315 g/mol. The van der Waals surface area contributed by atoms with E-state index in [1.807, 2.05) is 18.2 Å². The van der Waals surface area contributed by atoms with E-state index in [0.717, 1.165) is 28.6 Å². The van der Waals surface area contributed by atoms with Gasteiger partial charge in [0.1, 0.15) is 12.4 Å². The molecule has 1 fully saturated rings. The SMILES string of the molecule is CC1CCC(COc2ccc(Br)cc2[C@@H](C)O)O1. The maximum Gasteiger partial charge on any atom is 0.125 e. The minimum Gasteiger partial charge on any atom is -0.490 e. The number of hydrogen-bond donors (Lipinski definition) is 1. The van der Waals surface area contributed by atoms with Gasteiger partial charge < -0.3 is 14.6 Å². The molecule has 4 heteroatoms. The number of aliphatic hydroxyl groups is 1. The summed E-state index contributed by atoms with van der Waals surface area (Å²) in [4.78, 5) is 0. The first kappa shape index (κ1) is 13.8. The van der Waals surface area contributed by atoms with Crippen LogP contribution in [0.3, 0.4) is 0 Å². The lowest BCUT2D eigenvalue weighted by Crippen LogP contribution is -2.18. The average Bonchev–Trinajstić information content (AvgIpc) is 2.73. The Morgan fingerprint density at radius 2 is 2.28 bits per heavy atom. The summed E-state index contributed by atoms with van der Waals surface area (Å²) in [5.41, 5.74) is 0.801. The third-order valence-electron chi connectivity index (χ3n) is 3.17. The molecule has 0 radical (unpaired) electrons. The van der Waals surface area contributed by atoms with Crippen molar-refractivity contribution in [2.75, 3.05) is 6.61 Å². The molecule has 3 atom stereocenters. The highest BCUT2D eigenvalue weighted by atomic mass is 79.9. The Morgan fingerprint density at radius 1 is 1.50 bits per heavy atom. The molecule has 0 aromatic heterocycles. The van der Waals surface area contributed by atoms with Crippen molar-refractivity contribution in [2.24, 2.45) is 0 Å². The van der Waals surface area contributed by atoms with Crippen LogP contribution in [0.4, 0.5) is 0 Å². The third-order valence-corrected chi connectivity index (χ3v) is 3.66. The molecule has 1 aliphatic heterocycles. The lowest BCUT2D eigenvalue weighted by molar-refractivity contribution is 0.0256. The van der Waals surface area contributed by atoms with Crippen LogP contribution in [0.25, 0.3) is 0 Å². The number of halogens is 1. The fraction of sp³-hybridized carbons (Fsp3) is 0.571. The summed E-state index contributed by atoms with van der Waals surface area (Å²) < 4.78 is 12.4. The zero-order valence-corrected chi connectivity index (χ0v) is 12.3. The first-order valence-corrected chi connectivity index (χ1v) is 7.11. The van der Waals surface area contributed by atoms with Gasteiger partial charge in [-0.3, -0.25) is 0 Å². The van der Waals surface area contributed by atoms with Crippen LogP contribution in [-0.4, -0.2) is 23.9 Å². The monoisotopic (exact) mass is 314 g/mol. The minimum atomic E-state index is -0.541. The molecule has 1 N–H and O–H groups in total. The van der Waals surface area contributed by atoms with Gasteiger partial charge in [-0.1, -0.05) is 15.9 Å². The molecular formula is C14H19BrO3. The van der Waals surface area contributed by atoms with Crippen LogP contribution >= 0.6 is 15.9 Å². The molecule has 1 heterocycles. The van der Waals surface area contributed by atoms with Gasteiger partial charge in [-0.15, -0.1) is 0 Å². The molecule has 100 valence electrons. The molecular weight excluding hydrogens is 296 g/mol. The predicted octanol–water partition coefficient (Wildman–Crippen LogP) is 3.45. The highest BCUT2D eigenvalue weighted by Gasteiger charge is 2.22. The van der Waals surface area contributed by atoms with Crippen LogP contribution in [0.15, 0.2) is 22.7 Å². The van der Waals surface area contributed by atoms with Gasteiger partial charge in [0.25, 0.3) is 0 Å². The highest BCUT2D eigenvalue weighted by Crippen LogP contribution is 2.29. The first-order chi connectivity index (χ1) is 8.56. The summed E-state index contributed by atoms with van der Waals surface area (Å²) in [5, 5.41) is 9.73. The molecule has 1 aliphatic rings. The van der Waals surface area contributed by atoms with E-state index in [9.17, 15) is 5.11 Å². The lowest BCUT2D eigenvalue weighted by Gasteiger charge is -2.17. The molecule has 2 unspecified atom stereocenters. The van der Waals surface area contributed by atoms with Crippen LogP contribution in [0.5, 0.6) is 5.75 Å². The number of benzene rings is 1. The Balaban J connectivity index is 2.00. The molecule has 1 aromatic carbocycles. The van der Waals surface area contributed by atoms with Gasteiger partial charge in [0.15, 0.2) is 0 Å². The van der Waals surface area contributed by atoms with Crippen molar-refractivity contribution >= 4 is 15.9 Å². The quantitative estimate of drug-likeness (QED) is 0.925. The predicted molar refractivity (Wildman–Crippen MR) is 73.8 cm³/mol. The van der Waals surface area contributed by atoms with Crippen LogP contribution in [0, 0.1) is 0 Å². The molecule has 18 heavy (non-hydrogen) atoms. The second-order valence-corrected chi connectivity index (χ2v) is 5.73. The Morgan fingerprint density at radius 3 is 2.89 bits per heavy atom.